The Morgan fingerprint density at radius 2 is 1.69 bits per heavy atom. The molecule has 1 rings (SSSR count). The number of benzene rings is 1. The largest absolute Gasteiger partial charge is 0.493 e. The lowest BCUT2D eigenvalue weighted by Gasteiger charge is -2.30. The Labute approximate surface area is 207 Å². The molecular weight excluding hydrogens is 451 g/mol. The highest BCUT2D eigenvalue weighted by atomic mass is 35.5. The van der Waals surface area contributed by atoms with Crippen LogP contribution in [0.1, 0.15) is 59.4 Å². The summed E-state index contributed by atoms with van der Waals surface area (Å²) in [5, 5.41) is 13.8. The van der Waals surface area contributed by atoms with Gasteiger partial charge in [0.15, 0.2) is 11.5 Å². The van der Waals surface area contributed by atoms with E-state index in [-0.39, 0.29) is 30.4 Å². The van der Waals surface area contributed by atoms with Crippen LogP contribution in [0.25, 0.3) is 0 Å². The summed E-state index contributed by atoms with van der Waals surface area (Å²) < 4.78 is 16.4. The van der Waals surface area contributed by atoms with Gasteiger partial charge in [-0.25, -0.2) is 0 Å². The lowest BCUT2D eigenvalue weighted by atomic mass is 9.84. The van der Waals surface area contributed by atoms with E-state index in [1.165, 1.54) is 5.56 Å². The van der Waals surface area contributed by atoms with Crippen molar-refractivity contribution in [3.05, 3.63) is 23.8 Å². The number of rotatable bonds is 14. The van der Waals surface area contributed by atoms with Gasteiger partial charge in [0.25, 0.3) is 0 Å². The van der Waals surface area contributed by atoms with Crippen molar-refractivity contribution in [2.45, 2.75) is 78.1 Å². The lowest BCUT2D eigenvalue weighted by Crippen LogP contribution is -2.54. The zero-order valence-electron chi connectivity index (χ0n) is 20.8. The van der Waals surface area contributed by atoms with Gasteiger partial charge in [0.1, 0.15) is 0 Å². The number of aliphatic hydroxyl groups is 1. The van der Waals surface area contributed by atoms with Crippen molar-refractivity contribution in [1.29, 1.82) is 0 Å². The lowest BCUT2D eigenvalue weighted by molar-refractivity contribution is 0.0966. The molecule has 0 aliphatic heterocycles. The van der Waals surface area contributed by atoms with Gasteiger partial charge in [-0.15, -0.1) is 24.8 Å². The molecule has 0 unspecified atom stereocenters. The topological polar surface area (TPSA) is 86.0 Å². The number of ether oxygens (including phenoxy) is 3. The summed E-state index contributed by atoms with van der Waals surface area (Å²) in [6.07, 6.45) is 2.34. The minimum absolute atomic E-state index is 0. The van der Waals surface area contributed by atoms with Crippen LogP contribution in [-0.4, -0.2) is 50.3 Å². The summed E-state index contributed by atoms with van der Waals surface area (Å²) >= 11 is 0. The molecule has 0 fully saturated rings. The van der Waals surface area contributed by atoms with E-state index in [2.05, 4.69) is 52.1 Å². The summed E-state index contributed by atoms with van der Waals surface area (Å²) in [6.45, 7) is 11.9. The van der Waals surface area contributed by atoms with Crippen LogP contribution in [0, 0.1) is 11.8 Å². The smallest absolute Gasteiger partial charge is 0.161 e. The van der Waals surface area contributed by atoms with Crippen LogP contribution in [0.5, 0.6) is 11.5 Å². The van der Waals surface area contributed by atoms with Crippen LogP contribution in [0.2, 0.25) is 0 Å². The first-order valence-corrected chi connectivity index (χ1v) is 11.1. The Bertz CT molecular complexity index is 612. The van der Waals surface area contributed by atoms with Gasteiger partial charge < -0.3 is 25.1 Å². The average Bonchev–Trinajstić information content (AvgIpc) is 2.66. The Morgan fingerprint density at radius 1 is 1.03 bits per heavy atom. The van der Waals surface area contributed by atoms with E-state index in [9.17, 15) is 5.11 Å². The second kappa shape index (κ2) is 16.8. The minimum Gasteiger partial charge on any atom is -0.493 e. The molecule has 0 amide bonds. The highest BCUT2D eigenvalue weighted by Crippen LogP contribution is 2.31. The Balaban J connectivity index is 0. The first-order valence-electron chi connectivity index (χ1n) is 11.1. The highest BCUT2D eigenvalue weighted by Gasteiger charge is 2.23. The van der Waals surface area contributed by atoms with Crippen molar-refractivity contribution in [1.82, 2.24) is 5.32 Å². The zero-order chi connectivity index (χ0) is 22.7. The molecule has 0 aromatic heterocycles. The average molecular weight is 498 g/mol. The van der Waals surface area contributed by atoms with Crippen LogP contribution in [0.3, 0.4) is 0 Å². The monoisotopic (exact) mass is 496 g/mol. The molecule has 0 aliphatic rings. The molecule has 0 aliphatic carbocycles. The summed E-state index contributed by atoms with van der Waals surface area (Å²) in [7, 11) is 3.35. The molecule has 0 heterocycles. The molecule has 1 aromatic rings. The molecule has 4 N–H and O–H groups in total. The minimum atomic E-state index is -0.568. The maximum absolute atomic E-state index is 10.5. The second-order valence-electron chi connectivity index (χ2n) is 9.45. The summed E-state index contributed by atoms with van der Waals surface area (Å²) in [5.41, 5.74) is 7.22. The van der Waals surface area contributed by atoms with Crippen LogP contribution in [-0.2, 0) is 11.2 Å². The van der Waals surface area contributed by atoms with Gasteiger partial charge in [-0.2, -0.15) is 0 Å². The Kier molecular flexibility index (Phi) is 17.5. The van der Waals surface area contributed by atoms with Crippen LogP contribution in [0.4, 0.5) is 0 Å². The number of halogens is 2. The molecule has 32 heavy (non-hydrogen) atoms. The molecule has 6 nitrogen and oxygen atoms in total. The van der Waals surface area contributed by atoms with Crippen LogP contribution < -0.4 is 20.5 Å². The number of nitrogens with two attached hydrogens (primary N) is 1. The summed E-state index contributed by atoms with van der Waals surface area (Å²) in [6, 6.07) is 6.14. The molecule has 0 bridgehead atoms. The summed E-state index contributed by atoms with van der Waals surface area (Å²) in [4.78, 5) is 0. The van der Waals surface area contributed by atoms with E-state index >= 15 is 0 Å². The third kappa shape index (κ3) is 13.1. The Morgan fingerprint density at radius 3 is 2.22 bits per heavy atom. The first-order chi connectivity index (χ1) is 14.1. The number of methoxy groups -OCH3 is 2. The molecular formula is C24H46Cl2N2O4. The standard InChI is InChI=1S/C24H44N2O4.2ClH/c1-17(2)19(10-11-20(27)23(25)26-24(3,4)5)15-18-9-12-21(29-7)22(16-18)30-14-8-13-28-6;;/h9,12,16-17,19-20,23,26-27H,8,10-11,13-15,25H2,1-7H3;2*1H/t19-,20-,23-;;/m0../s1. The zero-order valence-corrected chi connectivity index (χ0v) is 22.5. The van der Waals surface area contributed by atoms with Gasteiger partial charge in [-0.05, 0) is 69.6 Å². The fourth-order valence-electron chi connectivity index (χ4n) is 3.48. The maximum Gasteiger partial charge on any atom is 0.161 e. The second-order valence-corrected chi connectivity index (χ2v) is 9.45. The maximum atomic E-state index is 10.5. The van der Waals surface area contributed by atoms with Crippen LogP contribution in [0.15, 0.2) is 18.2 Å². The molecule has 0 saturated carbocycles. The Hall–Kier alpha value is -0.760. The van der Waals surface area contributed by atoms with Gasteiger partial charge in [0.05, 0.1) is 26.0 Å². The predicted molar refractivity (Wildman–Crippen MR) is 138 cm³/mol. The van der Waals surface area contributed by atoms with Gasteiger partial charge in [0.2, 0.25) is 0 Å². The van der Waals surface area contributed by atoms with Crippen molar-refractivity contribution in [2.24, 2.45) is 17.6 Å². The van der Waals surface area contributed by atoms with Crippen molar-refractivity contribution < 1.29 is 19.3 Å². The fourth-order valence-corrected chi connectivity index (χ4v) is 3.48. The third-order valence-corrected chi connectivity index (χ3v) is 5.27. The van der Waals surface area contributed by atoms with Crippen molar-refractivity contribution in [2.75, 3.05) is 27.4 Å². The molecule has 0 radical (unpaired) electrons. The van der Waals surface area contributed by atoms with Crippen molar-refractivity contribution in [3.8, 4) is 11.5 Å². The van der Waals surface area contributed by atoms with Gasteiger partial charge >= 0.3 is 0 Å². The van der Waals surface area contributed by atoms with E-state index in [0.29, 0.717) is 31.5 Å². The molecule has 1 aromatic carbocycles. The predicted octanol–water partition coefficient (Wildman–Crippen LogP) is 4.58. The molecule has 0 saturated heterocycles. The molecule has 3 atom stereocenters. The van der Waals surface area contributed by atoms with E-state index in [1.807, 2.05) is 6.07 Å². The molecule has 8 heteroatoms. The van der Waals surface area contributed by atoms with Gasteiger partial charge in [-0.3, -0.25) is 5.32 Å². The summed E-state index contributed by atoms with van der Waals surface area (Å²) in [5.74, 6) is 2.45. The van der Waals surface area contributed by atoms with E-state index in [0.717, 1.165) is 30.8 Å². The number of hydrogen-bond acceptors (Lipinski definition) is 6. The van der Waals surface area contributed by atoms with Crippen molar-refractivity contribution in [3.63, 3.8) is 0 Å². The number of aliphatic hydroxyl groups excluding tert-OH is 1. The van der Waals surface area contributed by atoms with Crippen LogP contribution >= 0.6 is 24.8 Å². The van der Waals surface area contributed by atoms with Gasteiger partial charge in [0, 0.05) is 25.7 Å². The number of hydrogen-bond donors (Lipinski definition) is 3. The highest BCUT2D eigenvalue weighted by molar-refractivity contribution is 5.85. The first kappa shape index (κ1) is 33.4. The van der Waals surface area contributed by atoms with E-state index < -0.39 is 12.3 Å². The number of nitrogens with one attached hydrogen (secondary N) is 1. The third-order valence-electron chi connectivity index (χ3n) is 5.27. The SMILES string of the molecule is COCCCOc1cc(C[C@H](CC[C@H](O)[C@@H](N)NC(C)(C)C)C(C)C)ccc1OC.Cl.Cl. The molecule has 0 spiro atoms. The normalized spacial score (nSPS) is 14.2. The van der Waals surface area contributed by atoms with E-state index in [1.54, 1.807) is 14.2 Å². The quantitative estimate of drug-likeness (QED) is 0.258. The fraction of sp³-hybridized carbons (Fsp3) is 0.750. The van der Waals surface area contributed by atoms with E-state index in [4.69, 9.17) is 19.9 Å². The van der Waals surface area contributed by atoms with Gasteiger partial charge in [-0.1, -0.05) is 19.9 Å². The molecule has 190 valence electrons. The van der Waals surface area contributed by atoms with Crippen molar-refractivity contribution >= 4 is 24.8 Å².